The summed E-state index contributed by atoms with van der Waals surface area (Å²) in [6, 6.07) is 0. The van der Waals surface area contributed by atoms with Crippen molar-refractivity contribution in [1.82, 2.24) is 14.8 Å². The molecule has 1 aromatic heterocycles. The minimum Gasteiger partial charge on any atom is -0.468 e. The molecule has 0 aromatic carbocycles. The average molecular weight is 269 g/mol. The number of carbonyl (C=O) groups is 2. The highest BCUT2D eigenvalue weighted by Gasteiger charge is 2.33. The van der Waals surface area contributed by atoms with E-state index in [0.29, 0.717) is 19.4 Å². The molecule has 2 heterocycles. The average Bonchev–Trinajstić information content (AvgIpc) is 2.95. The molecule has 0 N–H and O–H groups in total. The first-order chi connectivity index (χ1) is 9.02. The zero-order chi connectivity index (χ0) is 14.0. The Hall–Kier alpha value is -2.52. The number of amides is 1. The summed E-state index contributed by atoms with van der Waals surface area (Å²) in [5, 5.41) is 14.3. The van der Waals surface area contributed by atoms with E-state index in [0.717, 1.165) is 4.68 Å². The van der Waals surface area contributed by atoms with Crippen LogP contribution in [0.15, 0.2) is 0 Å². The van der Waals surface area contributed by atoms with Crippen LogP contribution in [0.2, 0.25) is 0 Å². The largest absolute Gasteiger partial charge is 0.493 e. The van der Waals surface area contributed by atoms with E-state index in [1.165, 1.54) is 12.0 Å². The summed E-state index contributed by atoms with van der Waals surface area (Å²) in [6.07, 6.45) is 0.983. The molecule has 0 unspecified atom stereocenters. The number of aromatic nitrogens is 3. The molecule has 0 atom stereocenters. The first-order valence-corrected chi connectivity index (χ1v) is 5.49. The van der Waals surface area contributed by atoms with Crippen molar-refractivity contribution < 1.29 is 19.2 Å². The lowest BCUT2D eigenvalue weighted by molar-refractivity contribution is -0.394. The zero-order valence-electron chi connectivity index (χ0n) is 10.1. The van der Waals surface area contributed by atoms with Gasteiger partial charge in [0.25, 0.3) is 0 Å². The monoisotopic (exact) mass is 269 g/mol. The van der Waals surface area contributed by atoms with Gasteiger partial charge in [0.15, 0.2) is 6.54 Å². The van der Waals surface area contributed by atoms with Crippen LogP contribution in [0.25, 0.3) is 0 Å². The molecule has 2 rings (SSSR count). The quantitative estimate of drug-likeness (QED) is 0.410. The second kappa shape index (κ2) is 5.00. The number of carbonyl (C=O) groups excluding carboxylic acids is 2. The third-order valence-corrected chi connectivity index (χ3v) is 2.63. The number of ether oxygens (including phenoxy) is 1. The van der Waals surface area contributed by atoms with Gasteiger partial charge in [0, 0.05) is 18.1 Å². The van der Waals surface area contributed by atoms with Crippen molar-refractivity contribution in [1.29, 1.82) is 0 Å². The lowest BCUT2D eigenvalue weighted by atomic mass is 10.4. The molecule has 1 aliphatic heterocycles. The van der Waals surface area contributed by atoms with Crippen LogP contribution in [0.5, 0.6) is 0 Å². The molecule has 0 saturated carbocycles. The van der Waals surface area contributed by atoms with Crippen molar-refractivity contribution in [3.05, 3.63) is 10.1 Å². The van der Waals surface area contributed by atoms with Crippen molar-refractivity contribution in [3.63, 3.8) is 0 Å². The van der Waals surface area contributed by atoms with Crippen molar-refractivity contribution in [2.24, 2.45) is 0 Å². The maximum absolute atomic E-state index is 11.6. The minimum absolute atomic E-state index is 0.000370. The van der Waals surface area contributed by atoms with Gasteiger partial charge in [-0.25, -0.2) is 0 Å². The minimum atomic E-state index is -0.780. The maximum Gasteiger partial charge on any atom is 0.493 e. The number of methoxy groups -OCH3 is 1. The number of nitro groups is 1. The molecule has 10 nitrogen and oxygen atoms in total. The SMILES string of the molecule is COC(=O)Cn1nc([N+](=O)[O-])nc1N1CCCC1=O. The van der Waals surface area contributed by atoms with Crippen LogP contribution in [-0.2, 0) is 20.9 Å². The van der Waals surface area contributed by atoms with Crippen molar-refractivity contribution >= 4 is 23.8 Å². The standard InChI is InChI=1S/C9H11N5O5/c1-19-7(16)5-13-9(10-8(11-13)14(17)18)12-4-2-3-6(12)15/h2-5H2,1H3. The molecule has 1 fully saturated rings. The fourth-order valence-electron chi connectivity index (χ4n) is 1.75. The summed E-state index contributed by atoms with van der Waals surface area (Å²) in [6.45, 7) is 0.0618. The molecule has 19 heavy (non-hydrogen) atoms. The highest BCUT2D eigenvalue weighted by atomic mass is 16.6. The second-order valence-corrected chi connectivity index (χ2v) is 3.85. The number of rotatable bonds is 4. The molecule has 102 valence electrons. The van der Waals surface area contributed by atoms with Gasteiger partial charge in [-0.2, -0.15) is 0 Å². The predicted molar refractivity (Wildman–Crippen MR) is 60.3 cm³/mol. The van der Waals surface area contributed by atoms with E-state index in [9.17, 15) is 19.7 Å². The highest BCUT2D eigenvalue weighted by Crippen LogP contribution is 2.21. The van der Waals surface area contributed by atoms with E-state index >= 15 is 0 Å². The van der Waals surface area contributed by atoms with Gasteiger partial charge in [-0.05, 0) is 16.3 Å². The van der Waals surface area contributed by atoms with Crippen LogP contribution < -0.4 is 4.90 Å². The fourth-order valence-corrected chi connectivity index (χ4v) is 1.75. The predicted octanol–water partition coefficient (Wildman–Crippen LogP) is -0.514. The molecule has 0 aliphatic carbocycles. The van der Waals surface area contributed by atoms with Gasteiger partial charge in [0.05, 0.1) is 7.11 Å². The summed E-state index contributed by atoms with van der Waals surface area (Å²) in [7, 11) is 1.19. The normalized spacial score (nSPS) is 14.8. The molecule has 10 heteroatoms. The van der Waals surface area contributed by atoms with Crippen molar-refractivity contribution in [2.45, 2.75) is 19.4 Å². The van der Waals surface area contributed by atoms with E-state index in [1.807, 2.05) is 0 Å². The summed E-state index contributed by atoms with van der Waals surface area (Å²) in [5.41, 5.74) is 0. The second-order valence-electron chi connectivity index (χ2n) is 3.85. The van der Waals surface area contributed by atoms with E-state index in [2.05, 4.69) is 14.8 Å². The molecule has 1 amide bonds. The Morgan fingerprint density at radius 1 is 1.58 bits per heavy atom. The third kappa shape index (κ3) is 2.51. The Bertz CT molecular complexity index is 539. The first kappa shape index (κ1) is 12.9. The van der Waals surface area contributed by atoms with Crippen LogP contribution in [0, 0.1) is 10.1 Å². The van der Waals surface area contributed by atoms with Crippen molar-refractivity contribution in [2.75, 3.05) is 18.6 Å². The molecular weight excluding hydrogens is 258 g/mol. The lowest BCUT2D eigenvalue weighted by Crippen LogP contribution is -2.28. The molecule has 0 spiro atoms. The van der Waals surface area contributed by atoms with Gasteiger partial charge < -0.3 is 14.9 Å². The van der Waals surface area contributed by atoms with Crippen LogP contribution >= 0.6 is 0 Å². The van der Waals surface area contributed by atoms with Gasteiger partial charge in [0.1, 0.15) is 0 Å². The van der Waals surface area contributed by atoms with Gasteiger partial charge in [-0.3, -0.25) is 14.5 Å². The molecule has 0 bridgehead atoms. The molecule has 1 aromatic rings. The van der Waals surface area contributed by atoms with Gasteiger partial charge in [0.2, 0.25) is 5.91 Å². The first-order valence-electron chi connectivity index (χ1n) is 5.49. The summed E-state index contributed by atoms with van der Waals surface area (Å²) in [4.78, 5) is 37.7. The van der Waals surface area contributed by atoms with Gasteiger partial charge >= 0.3 is 17.9 Å². The Morgan fingerprint density at radius 2 is 2.32 bits per heavy atom. The zero-order valence-corrected chi connectivity index (χ0v) is 10.1. The molecular formula is C9H11N5O5. The summed E-state index contributed by atoms with van der Waals surface area (Å²) < 4.78 is 5.47. The number of esters is 1. The number of nitrogens with zero attached hydrogens (tertiary/aromatic N) is 5. The Kier molecular flexibility index (Phi) is 3.40. The van der Waals surface area contributed by atoms with Crippen LogP contribution in [-0.4, -0.2) is 45.2 Å². The van der Waals surface area contributed by atoms with Gasteiger partial charge in [-0.15, -0.1) is 4.68 Å². The molecule has 1 aliphatic rings. The molecule has 1 saturated heterocycles. The number of anilines is 1. The summed E-state index contributed by atoms with van der Waals surface area (Å²) >= 11 is 0. The highest BCUT2D eigenvalue weighted by molar-refractivity contribution is 5.93. The van der Waals surface area contributed by atoms with E-state index in [1.54, 1.807) is 0 Å². The van der Waals surface area contributed by atoms with Crippen LogP contribution in [0.3, 0.4) is 0 Å². The van der Waals surface area contributed by atoms with Crippen molar-refractivity contribution in [3.8, 4) is 0 Å². The Labute approximate surface area is 107 Å². The smallest absolute Gasteiger partial charge is 0.468 e. The third-order valence-electron chi connectivity index (χ3n) is 2.63. The Balaban J connectivity index is 2.36. The lowest BCUT2D eigenvalue weighted by Gasteiger charge is -2.10. The fraction of sp³-hybridized carbons (Fsp3) is 0.556. The topological polar surface area (TPSA) is 120 Å². The van der Waals surface area contributed by atoms with Gasteiger partial charge in [-0.1, -0.05) is 0 Å². The maximum atomic E-state index is 11.6. The number of hydrogen-bond acceptors (Lipinski definition) is 7. The van der Waals surface area contributed by atoms with Crippen LogP contribution in [0.4, 0.5) is 11.9 Å². The molecule has 0 radical (unpaired) electrons. The van der Waals surface area contributed by atoms with E-state index in [-0.39, 0.29) is 18.4 Å². The Morgan fingerprint density at radius 3 is 2.84 bits per heavy atom. The number of hydrogen-bond donors (Lipinski definition) is 0. The van der Waals surface area contributed by atoms with Crippen LogP contribution in [0.1, 0.15) is 12.8 Å². The summed E-state index contributed by atoms with van der Waals surface area (Å²) in [5.74, 6) is -1.49. The van der Waals surface area contributed by atoms with E-state index in [4.69, 9.17) is 0 Å². The van der Waals surface area contributed by atoms with E-state index < -0.39 is 16.8 Å².